The lowest BCUT2D eigenvalue weighted by Crippen LogP contribution is -2.37. The van der Waals surface area contributed by atoms with Crippen LogP contribution in [0.1, 0.15) is 43.7 Å². The Morgan fingerprint density at radius 1 is 1.31 bits per heavy atom. The van der Waals surface area contributed by atoms with Gasteiger partial charge in [0.25, 0.3) is 5.56 Å². The Labute approximate surface area is 182 Å². The van der Waals surface area contributed by atoms with Crippen LogP contribution in [0.4, 0.5) is 5.82 Å². The zero-order valence-corrected chi connectivity index (χ0v) is 18.7. The number of allylic oxidation sites excluding steroid dienone is 2. The zero-order chi connectivity index (χ0) is 20.8. The van der Waals surface area contributed by atoms with Crippen molar-refractivity contribution in [1.82, 2.24) is 9.97 Å². The normalized spacial score (nSPS) is 20.0. The molecule has 29 heavy (non-hydrogen) atoms. The molecule has 1 aliphatic carbocycles. The first kappa shape index (κ1) is 20.2. The largest absolute Gasteiger partial charge is 0.343 e. The summed E-state index contributed by atoms with van der Waals surface area (Å²) in [6.45, 7) is 7.91. The lowest BCUT2D eigenvalue weighted by molar-refractivity contribution is -0.118. The summed E-state index contributed by atoms with van der Waals surface area (Å²) in [7, 11) is 0. The second-order valence-electron chi connectivity index (χ2n) is 8.15. The van der Waals surface area contributed by atoms with Gasteiger partial charge in [-0.15, -0.1) is 6.58 Å². The smallest absolute Gasteiger partial charge is 0.257 e. The fourth-order valence-electron chi connectivity index (χ4n) is 4.12. The van der Waals surface area contributed by atoms with Gasteiger partial charge >= 0.3 is 0 Å². The number of ketones is 1. The summed E-state index contributed by atoms with van der Waals surface area (Å²) in [6.07, 6.45) is 2.96. The summed E-state index contributed by atoms with van der Waals surface area (Å²) < 4.78 is 0.867. The van der Waals surface area contributed by atoms with Crippen LogP contribution in [0.5, 0.6) is 0 Å². The van der Waals surface area contributed by atoms with Gasteiger partial charge in [-0.3, -0.25) is 9.59 Å². The maximum atomic E-state index is 13.2. The van der Waals surface area contributed by atoms with E-state index < -0.39 is 5.92 Å². The van der Waals surface area contributed by atoms with E-state index in [9.17, 15) is 9.59 Å². The van der Waals surface area contributed by atoms with E-state index in [0.717, 1.165) is 22.2 Å². The molecule has 0 radical (unpaired) electrons. The van der Waals surface area contributed by atoms with Crippen molar-refractivity contribution in [3.05, 3.63) is 74.1 Å². The molecule has 1 unspecified atom stereocenters. The van der Waals surface area contributed by atoms with Crippen LogP contribution in [0.2, 0.25) is 0 Å². The summed E-state index contributed by atoms with van der Waals surface area (Å²) >= 11 is 5.03. The van der Waals surface area contributed by atoms with Crippen molar-refractivity contribution < 1.29 is 4.79 Å². The molecule has 2 heterocycles. The third kappa shape index (κ3) is 3.73. The molecule has 0 fully saturated rings. The number of rotatable bonds is 4. The first-order valence-electron chi connectivity index (χ1n) is 9.46. The Hall–Kier alpha value is -2.12. The van der Waals surface area contributed by atoms with Gasteiger partial charge in [0, 0.05) is 33.8 Å². The molecule has 4 rings (SSSR count). The van der Waals surface area contributed by atoms with Crippen LogP contribution in [0.25, 0.3) is 0 Å². The number of halogens is 1. The molecule has 0 saturated heterocycles. The molecule has 0 amide bonds. The number of hydrogen-bond acceptors (Lipinski definition) is 5. The number of anilines is 1. The van der Waals surface area contributed by atoms with Gasteiger partial charge in [-0.2, -0.15) is 0 Å². The summed E-state index contributed by atoms with van der Waals surface area (Å²) in [5.74, 6) is 0.814. The number of carbonyl (C=O) groups excluding carboxylic acids is 1. The second-order valence-corrected chi connectivity index (χ2v) is 10.0. The standard InChI is InChI=1S/C22H22BrN3O2S/c1-4-9-29-21-25-19-18(20(28)26-21)16(12-7-5-6-8-13(12)23)17-14(24-19)10-22(2,3)11-15(17)27/h4-8,16H,1,9-11H2,2-3H3,(H2,24,25,26,28). The molecule has 2 aromatic rings. The first-order valence-corrected chi connectivity index (χ1v) is 11.2. The van der Waals surface area contributed by atoms with E-state index in [4.69, 9.17) is 0 Å². The van der Waals surface area contributed by atoms with E-state index in [1.165, 1.54) is 11.8 Å². The maximum Gasteiger partial charge on any atom is 0.257 e. The van der Waals surface area contributed by atoms with E-state index in [1.807, 2.05) is 24.3 Å². The molecule has 2 aliphatic rings. The molecule has 1 aliphatic heterocycles. The van der Waals surface area contributed by atoms with Gasteiger partial charge in [0.15, 0.2) is 10.9 Å². The van der Waals surface area contributed by atoms with Crippen molar-refractivity contribution in [1.29, 1.82) is 0 Å². The lowest BCUT2D eigenvalue weighted by atomic mass is 9.69. The highest BCUT2D eigenvalue weighted by atomic mass is 79.9. The van der Waals surface area contributed by atoms with E-state index in [2.05, 4.69) is 51.6 Å². The molecule has 0 bridgehead atoms. The van der Waals surface area contributed by atoms with Crippen molar-refractivity contribution in [3.8, 4) is 0 Å². The topological polar surface area (TPSA) is 74.8 Å². The minimum Gasteiger partial charge on any atom is -0.343 e. The minimum absolute atomic E-state index is 0.0830. The molecule has 150 valence electrons. The number of aromatic amines is 1. The van der Waals surface area contributed by atoms with Crippen molar-refractivity contribution in [2.45, 2.75) is 37.8 Å². The molecule has 1 aromatic carbocycles. The Bertz CT molecular complexity index is 1100. The molecule has 0 spiro atoms. The number of Topliss-reactive ketones (excluding diaryl/α,β-unsaturated/α-hetero) is 1. The molecule has 1 atom stereocenters. The Balaban J connectivity index is 1.95. The minimum atomic E-state index is -0.449. The number of aromatic nitrogens is 2. The SMILES string of the molecule is C=CCSc1nc2c(c(=O)[nH]1)C(c1ccccc1Br)C1=C(CC(C)(C)CC1=O)N2. The van der Waals surface area contributed by atoms with Crippen LogP contribution < -0.4 is 10.9 Å². The van der Waals surface area contributed by atoms with Crippen LogP contribution in [-0.4, -0.2) is 21.5 Å². The Kier molecular flexibility index (Phi) is 5.29. The zero-order valence-electron chi connectivity index (χ0n) is 16.3. The van der Waals surface area contributed by atoms with Crippen molar-refractivity contribution in [2.75, 3.05) is 11.1 Å². The van der Waals surface area contributed by atoms with Gasteiger partial charge in [0.2, 0.25) is 0 Å². The van der Waals surface area contributed by atoms with Gasteiger partial charge in [-0.25, -0.2) is 4.98 Å². The van der Waals surface area contributed by atoms with Crippen molar-refractivity contribution in [2.24, 2.45) is 5.41 Å². The number of carbonyl (C=O) groups is 1. The summed E-state index contributed by atoms with van der Waals surface area (Å²) in [4.78, 5) is 33.9. The summed E-state index contributed by atoms with van der Waals surface area (Å²) in [5, 5.41) is 3.87. The highest BCUT2D eigenvalue weighted by molar-refractivity contribution is 9.10. The second kappa shape index (κ2) is 7.61. The van der Waals surface area contributed by atoms with Gasteiger partial charge in [0.05, 0.1) is 5.56 Å². The van der Waals surface area contributed by atoms with Crippen LogP contribution in [0, 0.1) is 5.41 Å². The van der Waals surface area contributed by atoms with Crippen LogP contribution in [0.15, 0.2) is 62.6 Å². The van der Waals surface area contributed by atoms with E-state index in [-0.39, 0.29) is 16.8 Å². The van der Waals surface area contributed by atoms with Gasteiger partial charge in [-0.1, -0.05) is 65.8 Å². The average Bonchev–Trinajstić information content (AvgIpc) is 2.64. The number of thioether (sulfide) groups is 1. The van der Waals surface area contributed by atoms with E-state index in [1.54, 1.807) is 6.08 Å². The highest BCUT2D eigenvalue weighted by Crippen LogP contribution is 2.48. The molecule has 0 saturated carbocycles. The molecule has 1 aromatic heterocycles. The maximum absolute atomic E-state index is 13.2. The summed E-state index contributed by atoms with van der Waals surface area (Å²) in [5.41, 5.74) is 2.58. The van der Waals surface area contributed by atoms with Crippen molar-refractivity contribution >= 4 is 39.3 Å². The third-order valence-electron chi connectivity index (χ3n) is 5.25. The van der Waals surface area contributed by atoms with E-state index >= 15 is 0 Å². The highest BCUT2D eigenvalue weighted by Gasteiger charge is 2.42. The fourth-order valence-corrected chi connectivity index (χ4v) is 5.23. The van der Waals surface area contributed by atoms with Gasteiger partial charge < -0.3 is 10.3 Å². The lowest BCUT2D eigenvalue weighted by Gasteiger charge is -2.38. The number of H-pyrrole nitrogens is 1. The molecule has 5 nitrogen and oxygen atoms in total. The van der Waals surface area contributed by atoms with Gasteiger partial charge in [0.1, 0.15) is 5.82 Å². The number of hydrogen-bond donors (Lipinski definition) is 2. The first-order chi connectivity index (χ1) is 13.8. The quantitative estimate of drug-likeness (QED) is 0.372. The van der Waals surface area contributed by atoms with Crippen LogP contribution in [0.3, 0.4) is 0 Å². The predicted molar refractivity (Wildman–Crippen MR) is 120 cm³/mol. The average molecular weight is 472 g/mol. The fraction of sp³-hybridized carbons (Fsp3) is 0.318. The molecular weight excluding hydrogens is 450 g/mol. The third-order valence-corrected chi connectivity index (χ3v) is 6.85. The molecule has 7 heteroatoms. The van der Waals surface area contributed by atoms with Gasteiger partial charge in [-0.05, 0) is 23.5 Å². The van der Waals surface area contributed by atoms with E-state index in [0.29, 0.717) is 34.3 Å². The van der Waals surface area contributed by atoms with Crippen molar-refractivity contribution in [3.63, 3.8) is 0 Å². The number of benzene rings is 1. The van der Waals surface area contributed by atoms with Crippen LogP contribution in [-0.2, 0) is 4.79 Å². The Morgan fingerprint density at radius 3 is 2.79 bits per heavy atom. The summed E-state index contributed by atoms with van der Waals surface area (Å²) in [6, 6.07) is 7.75. The number of nitrogens with zero attached hydrogens (tertiary/aromatic N) is 1. The van der Waals surface area contributed by atoms with Crippen LogP contribution >= 0.6 is 27.7 Å². The predicted octanol–water partition coefficient (Wildman–Crippen LogP) is 5.01. The monoisotopic (exact) mass is 471 g/mol. The number of nitrogens with one attached hydrogen (secondary N) is 2. The molecular formula is C22H22BrN3O2S. The number of fused-ring (bicyclic) bond motifs is 1. The molecule has 2 N–H and O–H groups in total. The Morgan fingerprint density at radius 2 is 2.07 bits per heavy atom.